The molecule has 0 amide bonds. The Morgan fingerprint density at radius 1 is 1.16 bits per heavy atom. The van der Waals surface area contributed by atoms with Gasteiger partial charge in [0.2, 0.25) is 0 Å². The van der Waals surface area contributed by atoms with Crippen molar-refractivity contribution < 1.29 is 4.74 Å². The summed E-state index contributed by atoms with van der Waals surface area (Å²) in [7, 11) is 0. The summed E-state index contributed by atoms with van der Waals surface area (Å²) in [6.07, 6.45) is 5.25. The van der Waals surface area contributed by atoms with Gasteiger partial charge in [0, 0.05) is 49.1 Å². The van der Waals surface area contributed by atoms with Gasteiger partial charge in [-0.2, -0.15) is 11.8 Å². The third kappa shape index (κ3) is 4.37. The van der Waals surface area contributed by atoms with Crippen LogP contribution in [-0.4, -0.2) is 62.2 Å². The Morgan fingerprint density at radius 3 is 2.90 bits per heavy atom. The number of nitrogens with two attached hydrogens (primary N) is 1. The first-order valence-electron chi connectivity index (χ1n) is 10.5. The van der Waals surface area contributed by atoms with E-state index in [4.69, 9.17) is 15.5 Å². The SMILES string of the molecule is CSCCOc1ccc2ccc(-c3nnc4ccc(CN5CCC(N)C5)cn34)nc2c1. The summed E-state index contributed by atoms with van der Waals surface area (Å²) in [6.45, 7) is 3.55. The minimum atomic E-state index is 0.283. The van der Waals surface area contributed by atoms with Crippen molar-refractivity contribution >= 4 is 28.3 Å². The minimum Gasteiger partial charge on any atom is -0.493 e. The van der Waals surface area contributed by atoms with Gasteiger partial charge in [-0.3, -0.25) is 9.30 Å². The van der Waals surface area contributed by atoms with E-state index in [0.717, 1.165) is 65.6 Å². The normalized spacial score (nSPS) is 17.0. The Labute approximate surface area is 185 Å². The highest BCUT2D eigenvalue weighted by atomic mass is 32.2. The number of pyridine rings is 2. The molecule has 1 atom stereocenters. The first-order valence-corrected chi connectivity index (χ1v) is 11.9. The first-order chi connectivity index (χ1) is 15.2. The molecule has 4 aromatic rings. The van der Waals surface area contributed by atoms with Gasteiger partial charge in [-0.25, -0.2) is 4.98 Å². The van der Waals surface area contributed by atoms with Crippen molar-refractivity contribution in [2.75, 3.05) is 31.7 Å². The number of likely N-dealkylation sites (tertiary alicyclic amines) is 1. The lowest BCUT2D eigenvalue weighted by atomic mass is 10.2. The highest BCUT2D eigenvalue weighted by Gasteiger charge is 2.19. The van der Waals surface area contributed by atoms with Crippen LogP contribution in [0.4, 0.5) is 0 Å². The smallest absolute Gasteiger partial charge is 0.187 e. The van der Waals surface area contributed by atoms with Gasteiger partial charge >= 0.3 is 0 Å². The standard InChI is InChI=1S/C23H26N6OS/c1-31-11-10-30-19-5-3-17-4-6-20(25-21(17)12-19)23-27-26-22-7-2-16(14-29(22)23)13-28-9-8-18(24)15-28/h2-7,12,14,18H,8-11,13,15,24H2,1H3. The first kappa shape index (κ1) is 20.2. The molecule has 8 heteroatoms. The number of fused-ring (bicyclic) bond motifs is 2. The highest BCUT2D eigenvalue weighted by Crippen LogP contribution is 2.24. The van der Waals surface area contributed by atoms with Crippen molar-refractivity contribution in [3.05, 3.63) is 54.2 Å². The van der Waals surface area contributed by atoms with Crippen molar-refractivity contribution in [3.8, 4) is 17.3 Å². The minimum absolute atomic E-state index is 0.283. The number of ether oxygens (including phenoxy) is 1. The van der Waals surface area contributed by atoms with Crippen LogP contribution in [0.1, 0.15) is 12.0 Å². The second kappa shape index (κ2) is 8.82. The Hall–Kier alpha value is -2.68. The van der Waals surface area contributed by atoms with Crippen LogP contribution in [0.25, 0.3) is 28.1 Å². The lowest BCUT2D eigenvalue weighted by Crippen LogP contribution is -2.26. The van der Waals surface area contributed by atoms with Crippen molar-refractivity contribution in [2.45, 2.75) is 19.0 Å². The number of benzene rings is 1. The predicted molar refractivity (Wildman–Crippen MR) is 125 cm³/mol. The Balaban J connectivity index is 1.45. The number of aromatic nitrogens is 4. The van der Waals surface area contributed by atoms with Gasteiger partial charge in [-0.1, -0.05) is 12.1 Å². The average molecular weight is 435 g/mol. The molecule has 1 aliphatic heterocycles. The molecule has 31 heavy (non-hydrogen) atoms. The van der Waals surface area contributed by atoms with Gasteiger partial charge in [0.25, 0.3) is 0 Å². The Kier molecular flexibility index (Phi) is 5.76. The van der Waals surface area contributed by atoms with Crippen molar-refractivity contribution in [1.29, 1.82) is 0 Å². The molecule has 7 nitrogen and oxygen atoms in total. The number of hydrogen-bond acceptors (Lipinski definition) is 7. The zero-order valence-corrected chi connectivity index (χ0v) is 18.4. The lowest BCUT2D eigenvalue weighted by Gasteiger charge is -2.15. The van der Waals surface area contributed by atoms with E-state index in [-0.39, 0.29) is 6.04 Å². The predicted octanol–water partition coefficient (Wildman–Crippen LogP) is 3.22. The van der Waals surface area contributed by atoms with Gasteiger partial charge in [0.1, 0.15) is 11.4 Å². The fourth-order valence-corrected chi connectivity index (χ4v) is 4.27. The summed E-state index contributed by atoms with van der Waals surface area (Å²) in [6, 6.07) is 14.5. The maximum Gasteiger partial charge on any atom is 0.187 e. The molecule has 5 rings (SSSR count). The summed E-state index contributed by atoms with van der Waals surface area (Å²) < 4.78 is 7.86. The fraction of sp³-hybridized carbons (Fsp3) is 0.348. The Bertz CT molecular complexity index is 1210. The van der Waals surface area contributed by atoms with E-state index in [1.807, 2.05) is 34.7 Å². The summed E-state index contributed by atoms with van der Waals surface area (Å²) >= 11 is 1.77. The van der Waals surface area contributed by atoms with Crippen molar-refractivity contribution in [3.63, 3.8) is 0 Å². The molecular weight excluding hydrogens is 408 g/mol. The van der Waals surface area contributed by atoms with Gasteiger partial charge in [-0.05, 0) is 42.5 Å². The van der Waals surface area contributed by atoms with E-state index in [2.05, 4.69) is 39.7 Å². The second-order valence-electron chi connectivity index (χ2n) is 7.97. The molecule has 1 aromatic carbocycles. The molecule has 1 aliphatic rings. The quantitative estimate of drug-likeness (QED) is 0.447. The number of rotatable bonds is 7. The van der Waals surface area contributed by atoms with Crippen molar-refractivity contribution in [2.24, 2.45) is 5.73 Å². The molecule has 0 spiro atoms. The highest BCUT2D eigenvalue weighted by molar-refractivity contribution is 7.98. The molecule has 0 saturated carbocycles. The number of nitrogens with zero attached hydrogens (tertiary/aromatic N) is 5. The van der Waals surface area contributed by atoms with E-state index in [9.17, 15) is 0 Å². The number of hydrogen-bond donors (Lipinski definition) is 1. The summed E-state index contributed by atoms with van der Waals surface area (Å²) in [4.78, 5) is 7.26. The number of thioether (sulfide) groups is 1. The van der Waals surface area contributed by atoms with E-state index < -0.39 is 0 Å². The topological polar surface area (TPSA) is 81.6 Å². The van der Waals surface area contributed by atoms with E-state index in [1.165, 1.54) is 5.56 Å². The molecule has 160 valence electrons. The van der Waals surface area contributed by atoms with Gasteiger partial charge in [0.15, 0.2) is 11.5 Å². The summed E-state index contributed by atoms with van der Waals surface area (Å²) in [5, 5.41) is 9.83. The van der Waals surface area contributed by atoms with Crippen LogP contribution in [0.15, 0.2) is 48.7 Å². The molecule has 4 heterocycles. The van der Waals surface area contributed by atoms with Gasteiger partial charge in [0.05, 0.1) is 12.1 Å². The third-order valence-corrected chi connectivity index (χ3v) is 6.20. The monoisotopic (exact) mass is 434 g/mol. The molecule has 3 aromatic heterocycles. The maximum atomic E-state index is 6.06. The molecular formula is C23H26N6OS. The summed E-state index contributed by atoms with van der Waals surface area (Å²) in [5.74, 6) is 2.54. The molecule has 1 fully saturated rings. The molecule has 0 bridgehead atoms. The molecule has 0 radical (unpaired) electrons. The Morgan fingerprint density at radius 2 is 2.06 bits per heavy atom. The molecule has 0 aliphatic carbocycles. The van der Waals surface area contributed by atoms with E-state index >= 15 is 0 Å². The third-order valence-electron chi connectivity index (χ3n) is 5.63. The van der Waals surface area contributed by atoms with Crippen LogP contribution in [0.5, 0.6) is 5.75 Å². The van der Waals surface area contributed by atoms with Crippen LogP contribution >= 0.6 is 11.8 Å². The molecule has 1 unspecified atom stereocenters. The van der Waals surface area contributed by atoms with Crippen LogP contribution in [0.3, 0.4) is 0 Å². The summed E-state index contributed by atoms with van der Waals surface area (Å²) in [5.41, 5.74) is 9.77. The largest absolute Gasteiger partial charge is 0.493 e. The van der Waals surface area contributed by atoms with Crippen molar-refractivity contribution in [1.82, 2.24) is 24.5 Å². The van der Waals surface area contributed by atoms with Gasteiger partial charge in [-0.15, -0.1) is 10.2 Å². The maximum absolute atomic E-state index is 6.06. The fourth-order valence-electron chi connectivity index (χ4n) is 4.02. The molecule has 2 N–H and O–H groups in total. The van der Waals surface area contributed by atoms with Crippen LogP contribution < -0.4 is 10.5 Å². The van der Waals surface area contributed by atoms with Crippen LogP contribution in [0, 0.1) is 0 Å². The zero-order chi connectivity index (χ0) is 21.2. The van der Waals surface area contributed by atoms with E-state index in [0.29, 0.717) is 6.61 Å². The zero-order valence-electron chi connectivity index (χ0n) is 17.6. The van der Waals surface area contributed by atoms with Crippen LogP contribution in [-0.2, 0) is 6.54 Å². The molecule has 1 saturated heterocycles. The van der Waals surface area contributed by atoms with E-state index in [1.54, 1.807) is 11.8 Å². The van der Waals surface area contributed by atoms with Gasteiger partial charge < -0.3 is 10.5 Å². The van der Waals surface area contributed by atoms with Crippen LogP contribution in [0.2, 0.25) is 0 Å². The average Bonchev–Trinajstić information content (AvgIpc) is 3.39. The lowest BCUT2D eigenvalue weighted by molar-refractivity contribution is 0.326. The second-order valence-corrected chi connectivity index (χ2v) is 8.95.